The molecule has 0 saturated carbocycles. The fourth-order valence-electron chi connectivity index (χ4n) is 1.28. The van der Waals surface area contributed by atoms with Gasteiger partial charge in [-0.15, -0.1) is 0 Å². The van der Waals surface area contributed by atoms with Gasteiger partial charge in [-0.05, 0) is 23.8 Å². The molecule has 2 rings (SSSR count). The number of hydrogen-bond acceptors (Lipinski definition) is 2. The molecule has 1 aromatic heterocycles. The molecule has 0 spiro atoms. The van der Waals surface area contributed by atoms with Crippen molar-refractivity contribution >= 4 is 11.6 Å². The van der Waals surface area contributed by atoms with Gasteiger partial charge in [0.05, 0.1) is 5.02 Å². The third-order valence-corrected chi connectivity index (χ3v) is 2.28. The molecule has 0 unspecified atom stereocenters. The minimum Gasteiger partial charge on any atom is -0.506 e. The van der Waals surface area contributed by atoms with Gasteiger partial charge in [0.2, 0.25) is 0 Å². The van der Waals surface area contributed by atoms with Gasteiger partial charge in [0.25, 0.3) is 0 Å². The normalized spacial score (nSPS) is 10.1. The molecule has 0 aliphatic rings. The summed E-state index contributed by atoms with van der Waals surface area (Å²) in [6, 6.07) is 8.92. The van der Waals surface area contributed by atoms with Gasteiger partial charge in [-0.1, -0.05) is 23.7 Å². The second kappa shape index (κ2) is 3.68. The van der Waals surface area contributed by atoms with Gasteiger partial charge in [-0.25, -0.2) is 0 Å². The van der Waals surface area contributed by atoms with Crippen molar-refractivity contribution in [1.82, 2.24) is 4.98 Å². The van der Waals surface area contributed by atoms with E-state index >= 15 is 0 Å². The summed E-state index contributed by atoms with van der Waals surface area (Å²) in [5.41, 5.74) is 1.62. The van der Waals surface area contributed by atoms with E-state index in [4.69, 9.17) is 11.6 Å². The number of phenolic OH excluding ortho intramolecular Hbond substituents is 1. The predicted molar refractivity (Wildman–Crippen MR) is 56.3 cm³/mol. The van der Waals surface area contributed by atoms with E-state index < -0.39 is 0 Å². The second-order valence-corrected chi connectivity index (χ2v) is 3.28. The fourth-order valence-corrected chi connectivity index (χ4v) is 1.45. The lowest BCUT2D eigenvalue weighted by Crippen LogP contribution is -1.80. The maximum atomic E-state index is 9.70. The van der Waals surface area contributed by atoms with Gasteiger partial charge >= 0.3 is 0 Å². The third-order valence-electron chi connectivity index (χ3n) is 1.98. The maximum absolute atomic E-state index is 9.70. The Morgan fingerprint density at radius 1 is 1.07 bits per heavy atom. The van der Waals surface area contributed by atoms with Crippen molar-refractivity contribution in [2.24, 2.45) is 0 Å². The largest absolute Gasteiger partial charge is 0.506 e. The molecule has 0 bridgehead atoms. The van der Waals surface area contributed by atoms with Gasteiger partial charge in [0.1, 0.15) is 5.75 Å². The summed E-state index contributed by atoms with van der Waals surface area (Å²) < 4.78 is 0. The van der Waals surface area contributed by atoms with E-state index in [0.717, 1.165) is 11.1 Å². The molecule has 0 amide bonds. The molecule has 1 N–H and O–H groups in total. The number of aromatic nitrogens is 1. The number of pyridine rings is 1. The molecule has 2 nitrogen and oxygen atoms in total. The molecule has 2 aromatic rings. The minimum absolute atomic E-state index is 0.111. The van der Waals surface area contributed by atoms with Crippen LogP contribution < -0.4 is 0 Å². The van der Waals surface area contributed by atoms with Crippen molar-refractivity contribution in [3.63, 3.8) is 0 Å². The number of benzene rings is 1. The van der Waals surface area contributed by atoms with Crippen LogP contribution in [-0.2, 0) is 0 Å². The molecule has 1 heterocycles. The average Bonchev–Trinajstić information content (AvgIpc) is 2.23. The first-order valence-corrected chi connectivity index (χ1v) is 4.54. The van der Waals surface area contributed by atoms with Crippen LogP contribution >= 0.6 is 11.6 Å². The molecular formula is C11H8ClNO. The summed E-state index contributed by atoms with van der Waals surface area (Å²) in [4.78, 5) is 3.91. The van der Waals surface area contributed by atoms with Crippen molar-refractivity contribution in [2.75, 3.05) is 0 Å². The Labute approximate surface area is 86.8 Å². The summed E-state index contributed by atoms with van der Waals surface area (Å²) in [6.07, 6.45) is 3.35. The maximum Gasteiger partial charge on any atom is 0.141 e. The Balaban J connectivity index is 2.58. The molecule has 0 aliphatic carbocycles. The topological polar surface area (TPSA) is 33.1 Å². The Morgan fingerprint density at radius 2 is 1.79 bits per heavy atom. The van der Waals surface area contributed by atoms with Gasteiger partial charge < -0.3 is 5.11 Å². The van der Waals surface area contributed by atoms with Crippen LogP contribution in [0.4, 0.5) is 0 Å². The Bertz CT molecular complexity index is 442. The number of nitrogens with zero attached hydrogens (tertiary/aromatic N) is 1. The summed E-state index contributed by atoms with van der Waals surface area (Å²) in [5, 5.41) is 10.1. The zero-order chi connectivity index (χ0) is 9.97. The molecule has 0 radical (unpaired) electrons. The Hall–Kier alpha value is -1.54. The van der Waals surface area contributed by atoms with E-state index in [1.165, 1.54) is 0 Å². The SMILES string of the molecule is Oc1c(Cl)cccc1-c1ccncc1. The third kappa shape index (κ3) is 1.56. The van der Waals surface area contributed by atoms with Crippen LogP contribution in [0.5, 0.6) is 5.75 Å². The van der Waals surface area contributed by atoms with Crippen molar-refractivity contribution in [3.8, 4) is 16.9 Å². The summed E-state index contributed by atoms with van der Waals surface area (Å²) in [5.74, 6) is 0.111. The highest BCUT2D eigenvalue weighted by Crippen LogP contribution is 2.34. The highest BCUT2D eigenvalue weighted by atomic mass is 35.5. The van der Waals surface area contributed by atoms with Crippen LogP contribution in [0.15, 0.2) is 42.7 Å². The highest BCUT2D eigenvalue weighted by Gasteiger charge is 2.06. The second-order valence-electron chi connectivity index (χ2n) is 2.87. The quantitative estimate of drug-likeness (QED) is 0.776. The molecule has 14 heavy (non-hydrogen) atoms. The number of hydrogen-bond donors (Lipinski definition) is 1. The zero-order valence-electron chi connectivity index (χ0n) is 7.31. The lowest BCUT2D eigenvalue weighted by Gasteiger charge is -2.04. The summed E-state index contributed by atoms with van der Waals surface area (Å²) in [6.45, 7) is 0. The standard InChI is InChI=1S/C11H8ClNO/c12-10-3-1-2-9(11(10)14)8-4-6-13-7-5-8/h1-7,14H. The van der Waals surface area contributed by atoms with Crippen molar-refractivity contribution in [2.45, 2.75) is 0 Å². The van der Waals surface area contributed by atoms with Gasteiger partial charge in [-0.2, -0.15) is 0 Å². The first kappa shape index (κ1) is 9.03. The van der Waals surface area contributed by atoms with E-state index in [2.05, 4.69) is 4.98 Å². The van der Waals surface area contributed by atoms with E-state index in [1.54, 1.807) is 24.5 Å². The van der Waals surface area contributed by atoms with Gasteiger partial charge in [-0.3, -0.25) is 4.98 Å². The Morgan fingerprint density at radius 3 is 2.50 bits per heavy atom. The van der Waals surface area contributed by atoms with Crippen LogP contribution in [0.25, 0.3) is 11.1 Å². The first-order valence-electron chi connectivity index (χ1n) is 4.17. The van der Waals surface area contributed by atoms with Crippen molar-refractivity contribution in [1.29, 1.82) is 0 Å². The molecule has 3 heteroatoms. The minimum atomic E-state index is 0.111. The Kier molecular flexibility index (Phi) is 2.37. The van der Waals surface area contributed by atoms with Crippen molar-refractivity contribution in [3.05, 3.63) is 47.7 Å². The van der Waals surface area contributed by atoms with E-state index in [1.807, 2.05) is 18.2 Å². The number of aromatic hydroxyl groups is 1. The van der Waals surface area contributed by atoms with Crippen LogP contribution in [0.2, 0.25) is 5.02 Å². The van der Waals surface area contributed by atoms with Crippen LogP contribution in [0.1, 0.15) is 0 Å². The van der Waals surface area contributed by atoms with Crippen LogP contribution in [-0.4, -0.2) is 10.1 Å². The molecule has 70 valence electrons. The van der Waals surface area contributed by atoms with Crippen LogP contribution in [0.3, 0.4) is 0 Å². The number of rotatable bonds is 1. The molecule has 1 aromatic carbocycles. The van der Waals surface area contributed by atoms with Crippen molar-refractivity contribution < 1.29 is 5.11 Å². The molecule has 0 fully saturated rings. The van der Waals surface area contributed by atoms with E-state index in [0.29, 0.717) is 5.02 Å². The van der Waals surface area contributed by atoms with Gasteiger partial charge in [0, 0.05) is 18.0 Å². The number of para-hydroxylation sites is 1. The average molecular weight is 206 g/mol. The summed E-state index contributed by atoms with van der Waals surface area (Å²) in [7, 11) is 0. The summed E-state index contributed by atoms with van der Waals surface area (Å²) >= 11 is 5.80. The highest BCUT2D eigenvalue weighted by molar-refractivity contribution is 6.32. The smallest absolute Gasteiger partial charge is 0.141 e. The van der Waals surface area contributed by atoms with Gasteiger partial charge in [0.15, 0.2) is 0 Å². The fraction of sp³-hybridized carbons (Fsp3) is 0. The first-order chi connectivity index (χ1) is 6.79. The predicted octanol–water partition coefficient (Wildman–Crippen LogP) is 3.11. The molecule has 0 saturated heterocycles. The lowest BCUT2D eigenvalue weighted by atomic mass is 10.1. The molecular weight excluding hydrogens is 198 g/mol. The lowest BCUT2D eigenvalue weighted by molar-refractivity contribution is 0.477. The van der Waals surface area contributed by atoms with Crippen LogP contribution in [0, 0.1) is 0 Å². The van der Waals surface area contributed by atoms with E-state index in [-0.39, 0.29) is 5.75 Å². The molecule has 0 aliphatic heterocycles. The number of halogens is 1. The van der Waals surface area contributed by atoms with E-state index in [9.17, 15) is 5.11 Å². The monoisotopic (exact) mass is 205 g/mol. The molecule has 0 atom stereocenters. The number of phenols is 1. The zero-order valence-corrected chi connectivity index (χ0v) is 8.07.